The first kappa shape index (κ1) is 14.7. The van der Waals surface area contributed by atoms with Crippen molar-refractivity contribution in [2.24, 2.45) is 0 Å². The molecule has 4 nitrogen and oxygen atoms in total. The third kappa shape index (κ3) is 3.01. The molecule has 0 bridgehead atoms. The number of methoxy groups -OCH3 is 1. The highest BCUT2D eigenvalue weighted by molar-refractivity contribution is 9.10. The zero-order valence-electron chi connectivity index (χ0n) is 11.7. The highest BCUT2D eigenvalue weighted by atomic mass is 79.9. The summed E-state index contributed by atoms with van der Waals surface area (Å²) in [6.45, 7) is 0.152. The van der Waals surface area contributed by atoms with Crippen molar-refractivity contribution in [1.82, 2.24) is 9.97 Å². The molecule has 2 aromatic carbocycles. The van der Waals surface area contributed by atoms with Crippen LogP contribution in [0.2, 0.25) is 0 Å². The topological polar surface area (TPSA) is 44.2 Å². The van der Waals surface area contributed by atoms with Crippen molar-refractivity contribution in [2.75, 3.05) is 7.11 Å². The molecular weight excluding hydrogens is 351 g/mol. The van der Waals surface area contributed by atoms with Crippen molar-refractivity contribution in [3.8, 4) is 11.6 Å². The lowest BCUT2D eigenvalue weighted by molar-refractivity contribution is 0.288. The predicted molar refractivity (Wildman–Crippen MR) is 84.5 cm³/mol. The first-order valence-electron chi connectivity index (χ1n) is 6.53. The van der Waals surface area contributed by atoms with E-state index in [1.54, 1.807) is 6.07 Å². The van der Waals surface area contributed by atoms with E-state index in [9.17, 15) is 4.39 Å². The summed E-state index contributed by atoms with van der Waals surface area (Å²) in [6.07, 6.45) is 1.44. The normalized spacial score (nSPS) is 10.7. The van der Waals surface area contributed by atoms with Crippen molar-refractivity contribution in [3.05, 3.63) is 58.6 Å². The Balaban J connectivity index is 1.91. The van der Waals surface area contributed by atoms with Crippen LogP contribution in [-0.2, 0) is 6.61 Å². The van der Waals surface area contributed by atoms with Crippen LogP contribution in [0.1, 0.15) is 5.56 Å². The van der Waals surface area contributed by atoms with E-state index >= 15 is 0 Å². The van der Waals surface area contributed by atoms with Gasteiger partial charge in [-0.1, -0.05) is 15.9 Å². The lowest BCUT2D eigenvalue weighted by Gasteiger charge is -2.11. The molecule has 6 heteroatoms. The van der Waals surface area contributed by atoms with E-state index in [-0.39, 0.29) is 12.4 Å². The van der Waals surface area contributed by atoms with Gasteiger partial charge in [-0.05, 0) is 36.4 Å². The number of aromatic nitrogens is 2. The number of halogens is 2. The Labute approximate surface area is 135 Å². The van der Waals surface area contributed by atoms with Crippen LogP contribution in [0.4, 0.5) is 4.39 Å². The molecule has 1 heterocycles. The fraction of sp³-hybridized carbons (Fsp3) is 0.125. The SMILES string of the molecule is COc1ccc(F)cc1COc1ncnc2ccc(Br)cc12. The van der Waals surface area contributed by atoms with Gasteiger partial charge in [-0.2, -0.15) is 0 Å². The number of benzene rings is 2. The first-order chi connectivity index (χ1) is 10.7. The molecule has 0 N–H and O–H groups in total. The molecule has 0 aliphatic carbocycles. The van der Waals surface area contributed by atoms with Crippen LogP contribution < -0.4 is 9.47 Å². The van der Waals surface area contributed by atoms with E-state index in [2.05, 4.69) is 25.9 Å². The molecule has 0 aliphatic heterocycles. The molecule has 0 aliphatic rings. The number of fused-ring (bicyclic) bond motifs is 1. The lowest BCUT2D eigenvalue weighted by atomic mass is 10.2. The summed E-state index contributed by atoms with van der Waals surface area (Å²) in [5, 5.41) is 0.784. The van der Waals surface area contributed by atoms with E-state index in [0.717, 1.165) is 15.4 Å². The van der Waals surface area contributed by atoms with Crippen LogP contribution in [-0.4, -0.2) is 17.1 Å². The Hall–Kier alpha value is -2.21. The largest absolute Gasteiger partial charge is 0.496 e. The molecule has 0 saturated carbocycles. The molecular formula is C16H12BrFN2O2. The van der Waals surface area contributed by atoms with Crippen molar-refractivity contribution in [2.45, 2.75) is 6.61 Å². The second-order valence-electron chi connectivity index (χ2n) is 4.59. The van der Waals surface area contributed by atoms with Gasteiger partial charge in [-0.15, -0.1) is 0 Å². The number of rotatable bonds is 4. The standard InChI is InChI=1S/C16H12BrFN2O2/c1-21-15-5-3-12(18)6-10(15)8-22-16-13-7-11(17)2-4-14(13)19-9-20-16/h2-7,9H,8H2,1H3. The number of hydrogen-bond donors (Lipinski definition) is 0. The van der Waals surface area contributed by atoms with Crippen LogP contribution in [0.15, 0.2) is 47.2 Å². The van der Waals surface area contributed by atoms with Gasteiger partial charge >= 0.3 is 0 Å². The fourth-order valence-corrected chi connectivity index (χ4v) is 2.49. The van der Waals surface area contributed by atoms with Gasteiger partial charge in [0.25, 0.3) is 0 Å². The summed E-state index contributed by atoms with van der Waals surface area (Å²) in [4.78, 5) is 8.34. The quantitative estimate of drug-likeness (QED) is 0.700. The van der Waals surface area contributed by atoms with E-state index in [4.69, 9.17) is 9.47 Å². The Morgan fingerprint density at radius 1 is 1.14 bits per heavy atom. The zero-order valence-corrected chi connectivity index (χ0v) is 13.3. The summed E-state index contributed by atoms with van der Waals surface area (Å²) in [7, 11) is 1.54. The molecule has 0 unspecified atom stereocenters. The van der Waals surface area contributed by atoms with Crippen LogP contribution >= 0.6 is 15.9 Å². The third-order valence-corrected chi connectivity index (χ3v) is 3.66. The summed E-state index contributed by atoms with van der Waals surface area (Å²) in [6, 6.07) is 9.96. The number of hydrogen-bond acceptors (Lipinski definition) is 4. The number of ether oxygens (including phenoxy) is 2. The van der Waals surface area contributed by atoms with Crippen LogP contribution in [0.3, 0.4) is 0 Å². The molecule has 0 radical (unpaired) electrons. The fourth-order valence-electron chi connectivity index (χ4n) is 2.13. The summed E-state index contributed by atoms with van der Waals surface area (Å²) in [5.74, 6) is 0.674. The Kier molecular flexibility index (Phi) is 4.20. The predicted octanol–water partition coefficient (Wildman–Crippen LogP) is 4.12. The molecule has 22 heavy (non-hydrogen) atoms. The summed E-state index contributed by atoms with van der Waals surface area (Å²) < 4.78 is 25.2. The second-order valence-corrected chi connectivity index (χ2v) is 5.50. The van der Waals surface area contributed by atoms with E-state index in [0.29, 0.717) is 17.2 Å². The monoisotopic (exact) mass is 362 g/mol. The van der Waals surface area contributed by atoms with E-state index < -0.39 is 0 Å². The molecule has 1 aromatic heterocycles. The van der Waals surface area contributed by atoms with Crippen molar-refractivity contribution in [1.29, 1.82) is 0 Å². The molecule has 3 rings (SSSR count). The highest BCUT2D eigenvalue weighted by Gasteiger charge is 2.09. The Morgan fingerprint density at radius 2 is 2.00 bits per heavy atom. The molecule has 0 amide bonds. The molecule has 0 spiro atoms. The van der Waals surface area contributed by atoms with E-state index in [1.807, 2.05) is 18.2 Å². The summed E-state index contributed by atoms with van der Waals surface area (Å²) >= 11 is 3.41. The van der Waals surface area contributed by atoms with Gasteiger partial charge in [-0.3, -0.25) is 0 Å². The maximum Gasteiger partial charge on any atom is 0.224 e. The maximum absolute atomic E-state index is 13.4. The smallest absolute Gasteiger partial charge is 0.224 e. The van der Waals surface area contributed by atoms with E-state index in [1.165, 1.54) is 25.6 Å². The molecule has 112 valence electrons. The van der Waals surface area contributed by atoms with Gasteiger partial charge in [0.2, 0.25) is 5.88 Å². The minimum Gasteiger partial charge on any atom is -0.496 e. The van der Waals surface area contributed by atoms with Gasteiger partial charge in [0.1, 0.15) is 24.5 Å². The average Bonchev–Trinajstić information content (AvgIpc) is 2.53. The molecule has 0 atom stereocenters. The van der Waals surface area contributed by atoms with Crippen molar-refractivity contribution < 1.29 is 13.9 Å². The molecule has 0 fully saturated rings. The summed E-state index contributed by atoms with van der Waals surface area (Å²) in [5.41, 5.74) is 1.39. The van der Waals surface area contributed by atoms with Gasteiger partial charge < -0.3 is 9.47 Å². The van der Waals surface area contributed by atoms with Crippen LogP contribution in [0, 0.1) is 5.82 Å². The minimum absolute atomic E-state index is 0.152. The lowest BCUT2D eigenvalue weighted by Crippen LogP contribution is -2.01. The van der Waals surface area contributed by atoms with Crippen LogP contribution in [0.25, 0.3) is 10.9 Å². The van der Waals surface area contributed by atoms with Crippen LogP contribution in [0.5, 0.6) is 11.6 Å². The number of nitrogens with zero attached hydrogens (tertiary/aromatic N) is 2. The first-order valence-corrected chi connectivity index (χ1v) is 7.32. The van der Waals surface area contributed by atoms with Crippen molar-refractivity contribution >= 4 is 26.8 Å². The molecule has 3 aromatic rings. The van der Waals surface area contributed by atoms with Crippen molar-refractivity contribution in [3.63, 3.8) is 0 Å². The Morgan fingerprint density at radius 3 is 2.82 bits per heavy atom. The minimum atomic E-state index is -0.338. The second kappa shape index (κ2) is 6.27. The Bertz CT molecular complexity index is 826. The maximum atomic E-state index is 13.4. The van der Waals surface area contributed by atoms with Gasteiger partial charge in [0.05, 0.1) is 18.0 Å². The van der Waals surface area contributed by atoms with Gasteiger partial charge in [-0.25, -0.2) is 14.4 Å². The molecule has 0 saturated heterocycles. The highest BCUT2D eigenvalue weighted by Crippen LogP contribution is 2.27. The van der Waals surface area contributed by atoms with Gasteiger partial charge in [0, 0.05) is 10.0 Å². The third-order valence-electron chi connectivity index (χ3n) is 3.17. The van der Waals surface area contributed by atoms with Gasteiger partial charge in [0.15, 0.2) is 0 Å². The average molecular weight is 363 g/mol. The zero-order chi connectivity index (χ0) is 15.5.